The minimum atomic E-state index is -0.502. The molecule has 1 N–H and O–H groups in total. The van der Waals surface area contributed by atoms with E-state index < -0.39 is 6.17 Å². The summed E-state index contributed by atoms with van der Waals surface area (Å²) in [6, 6.07) is 76.4. The SMILES string of the molecule is C=CC=C(C=C)C1N=C(c2cc(-c3ccccc3)cc(-c3ccccc3)c2)N=C(c2cc(C3=CCCC=C3)c(-n3c4ccccc4c4ccc5c(c6ccccc6n5-c5ccccc5)c43)c(-c3ccccc3)c2)N1. The third-order valence-electron chi connectivity index (χ3n) is 14.5. The summed E-state index contributed by atoms with van der Waals surface area (Å²) in [6.07, 6.45) is 14.1. The fourth-order valence-corrected chi connectivity index (χ4v) is 11.1. The highest BCUT2D eigenvalue weighted by atomic mass is 15.2. The normalized spacial score (nSPS) is 14.7. The van der Waals surface area contributed by atoms with E-state index in [0.717, 1.165) is 96.4 Å². The summed E-state index contributed by atoms with van der Waals surface area (Å²) in [6.45, 7) is 8.33. The summed E-state index contributed by atoms with van der Waals surface area (Å²) < 4.78 is 4.98. The number of hydrogen-bond donors (Lipinski definition) is 1. The Morgan fingerprint density at radius 2 is 1.11 bits per heavy atom. The lowest BCUT2D eigenvalue weighted by molar-refractivity contribution is 0.731. The number of rotatable bonds is 11. The average molecular weight is 950 g/mol. The number of fused-ring (bicyclic) bond motifs is 7. The van der Waals surface area contributed by atoms with Crippen LogP contribution < -0.4 is 5.32 Å². The highest BCUT2D eigenvalue weighted by Crippen LogP contribution is 2.46. The predicted molar refractivity (Wildman–Crippen MR) is 313 cm³/mol. The van der Waals surface area contributed by atoms with Crippen molar-refractivity contribution in [1.82, 2.24) is 14.5 Å². The number of hydrogen-bond acceptors (Lipinski definition) is 3. The lowest BCUT2D eigenvalue weighted by atomic mass is 9.90. The summed E-state index contributed by atoms with van der Waals surface area (Å²) in [7, 11) is 0. The van der Waals surface area contributed by atoms with Crippen molar-refractivity contribution in [1.29, 1.82) is 0 Å². The van der Waals surface area contributed by atoms with E-state index in [1.807, 2.05) is 12.2 Å². The Hall–Kier alpha value is -9.58. The maximum absolute atomic E-state index is 5.56. The molecule has 1 unspecified atom stereocenters. The quantitative estimate of drug-likeness (QED) is 0.129. The third-order valence-corrected chi connectivity index (χ3v) is 14.5. The van der Waals surface area contributed by atoms with Gasteiger partial charge in [-0.15, -0.1) is 0 Å². The van der Waals surface area contributed by atoms with Crippen molar-refractivity contribution in [2.24, 2.45) is 9.98 Å². The number of aromatic nitrogens is 2. The zero-order valence-electron chi connectivity index (χ0n) is 40.9. The van der Waals surface area contributed by atoms with Gasteiger partial charge in [0, 0.05) is 49.5 Å². The minimum absolute atomic E-state index is 0.502. The van der Waals surface area contributed by atoms with Gasteiger partial charge < -0.3 is 14.5 Å². The van der Waals surface area contributed by atoms with Crippen molar-refractivity contribution >= 4 is 60.9 Å². The molecule has 352 valence electrons. The van der Waals surface area contributed by atoms with Gasteiger partial charge in [0.25, 0.3) is 0 Å². The molecule has 0 fully saturated rings. The van der Waals surface area contributed by atoms with E-state index in [2.05, 4.69) is 258 Å². The van der Waals surface area contributed by atoms with Crippen molar-refractivity contribution < 1.29 is 0 Å². The van der Waals surface area contributed by atoms with Crippen molar-refractivity contribution in [2.45, 2.75) is 19.0 Å². The molecule has 5 nitrogen and oxygen atoms in total. The Bertz CT molecular complexity index is 4110. The van der Waals surface area contributed by atoms with E-state index in [1.54, 1.807) is 6.08 Å². The second-order valence-electron chi connectivity index (χ2n) is 18.9. The molecule has 11 aromatic rings. The van der Waals surface area contributed by atoms with Crippen LogP contribution in [0.4, 0.5) is 0 Å². The molecule has 5 heteroatoms. The number of nitrogens with zero attached hydrogens (tertiary/aromatic N) is 4. The molecule has 0 amide bonds. The second kappa shape index (κ2) is 18.9. The zero-order valence-corrected chi connectivity index (χ0v) is 40.9. The van der Waals surface area contributed by atoms with Gasteiger partial charge >= 0.3 is 0 Å². The first-order chi connectivity index (χ1) is 36.6. The number of nitrogens with one attached hydrogen (secondary N) is 1. The summed E-state index contributed by atoms with van der Waals surface area (Å²) in [4.78, 5) is 10.9. The topological polar surface area (TPSA) is 46.6 Å². The first kappa shape index (κ1) is 44.4. The fourth-order valence-electron chi connectivity index (χ4n) is 11.1. The van der Waals surface area contributed by atoms with Gasteiger partial charge in [-0.25, -0.2) is 9.98 Å². The summed E-state index contributed by atoms with van der Waals surface area (Å²) >= 11 is 0. The number of allylic oxidation sites excluding steroid dienone is 6. The van der Waals surface area contributed by atoms with Gasteiger partial charge in [0.1, 0.15) is 12.0 Å². The van der Waals surface area contributed by atoms with Crippen molar-refractivity contribution in [3.63, 3.8) is 0 Å². The molecule has 1 aliphatic carbocycles. The average Bonchev–Trinajstić information content (AvgIpc) is 4.01. The van der Waals surface area contributed by atoms with Crippen LogP contribution in [0.5, 0.6) is 0 Å². The van der Waals surface area contributed by atoms with Crippen LogP contribution >= 0.6 is 0 Å². The van der Waals surface area contributed by atoms with E-state index in [9.17, 15) is 0 Å². The zero-order chi connectivity index (χ0) is 49.5. The maximum atomic E-state index is 5.56. The molecule has 9 aromatic carbocycles. The monoisotopic (exact) mass is 949 g/mol. The highest BCUT2D eigenvalue weighted by molar-refractivity contribution is 6.26. The van der Waals surface area contributed by atoms with Crippen LogP contribution in [-0.2, 0) is 0 Å². The molecule has 0 bridgehead atoms. The summed E-state index contributed by atoms with van der Waals surface area (Å²) in [5, 5.41) is 8.62. The Kier molecular flexibility index (Phi) is 11.3. The van der Waals surface area contributed by atoms with Gasteiger partial charge in [-0.05, 0) is 112 Å². The van der Waals surface area contributed by atoms with Gasteiger partial charge in [0.2, 0.25) is 0 Å². The summed E-state index contributed by atoms with van der Waals surface area (Å²) in [5.74, 6) is 1.34. The lowest BCUT2D eigenvalue weighted by Crippen LogP contribution is -2.40. The van der Waals surface area contributed by atoms with Crippen molar-refractivity contribution in [3.05, 3.63) is 284 Å². The number of aliphatic imine (C=N–C) groups is 2. The molecule has 2 aliphatic rings. The Morgan fingerprint density at radius 1 is 0.514 bits per heavy atom. The Labute approximate surface area is 431 Å². The molecule has 1 atom stereocenters. The molecular weight excluding hydrogens is 899 g/mol. The van der Waals surface area contributed by atoms with Crippen molar-refractivity contribution in [3.8, 4) is 44.8 Å². The molecule has 1 aliphatic heterocycles. The first-order valence-corrected chi connectivity index (χ1v) is 25.4. The van der Waals surface area contributed by atoms with Crippen LogP contribution in [0.15, 0.2) is 277 Å². The van der Waals surface area contributed by atoms with Crippen LogP contribution in [-0.4, -0.2) is 27.0 Å². The van der Waals surface area contributed by atoms with Crippen LogP contribution in [0.25, 0.3) is 93.9 Å². The van der Waals surface area contributed by atoms with Gasteiger partial charge in [0.05, 0.1) is 27.8 Å². The molecular formula is C69H51N5. The largest absolute Gasteiger partial charge is 0.344 e. The predicted octanol–water partition coefficient (Wildman–Crippen LogP) is 17.0. The highest BCUT2D eigenvalue weighted by Gasteiger charge is 2.28. The fraction of sp³-hybridized carbons (Fsp3) is 0.0435. The second-order valence-corrected chi connectivity index (χ2v) is 18.9. The first-order valence-electron chi connectivity index (χ1n) is 25.4. The number of amidine groups is 2. The third kappa shape index (κ3) is 7.74. The van der Waals surface area contributed by atoms with Gasteiger partial charge in [0.15, 0.2) is 5.84 Å². The molecule has 2 aromatic heterocycles. The van der Waals surface area contributed by atoms with E-state index in [-0.39, 0.29) is 0 Å². The summed E-state index contributed by atoms with van der Waals surface area (Å²) in [5.41, 5.74) is 18.5. The van der Waals surface area contributed by atoms with E-state index in [1.165, 1.54) is 32.6 Å². The molecule has 3 heterocycles. The maximum Gasteiger partial charge on any atom is 0.159 e. The standard InChI is InChI=1S/C69H51N5/c1-3-24-46(4-2)67-70-68(53-42-51(47-25-10-5-11-26-47)41-52(43-53)48-27-12-6-13-28-48)72-69(71-67)54-44-59(49-29-14-7-15-30-49)65(60(45-54)50-31-16-8-17-32-50)74-61-37-22-20-35-56(61)57-39-40-63-64(66(57)74)58-36-21-23-38-62(58)73(63)55-33-18-9-19-34-55/h3-7,9-16,18-45,67H,1-2,8,17H2,(H,70,71,72). The molecule has 0 saturated heterocycles. The smallest absolute Gasteiger partial charge is 0.159 e. The Morgan fingerprint density at radius 3 is 1.76 bits per heavy atom. The van der Waals surface area contributed by atoms with Crippen LogP contribution in [0, 0.1) is 0 Å². The molecule has 0 spiro atoms. The van der Waals surface area contributed by atoms with Gasteiger partial charge in [-0.2, -0.15) is 0 Å². The van der Waals surface area contributed by atoms with Gasteiger partial charge in [-0.3, -0.25) is 0 Å². The minimum Gasteiger partial charge on any atom is -0.344 e. The van der Waals surface area contributed by atoms with E-state index in [0.29, 0.717) is 11.7 Å². The van der Waals surface area contributed by atoms with Crippen LogP contribution in [0.2, 0.25) is 0 Å². The Balaban J connectivity index is 1.11. The van der Waals surface area contributed by atoms with Crippen molar-refractivity contribution in [2.75, 3.05) is 0 Å². The lowest BCUT2D eigenvalue weighted by Gasteiger charge is -2.27. The molecule has 74 heavy (non-hydrogen) atoms. The molecule has 13 rings (SSSR count). The molecule has 0 radical (unpaired) electrons. The van der Waals surface area contributed by atoms with Crippen LogP contribution in [0.1, 0.15) is 29.5 Å². The van der Waals surface area contributed by atoms with E-state index >= 15 is 0 Å². The number of para-hydroxylation sites is 3. The van der Waals surface area contributed by atoms with E-state index in [4.69, 9.17) is 9.98 Å². The van der Waals surface area contributed by atoms with Crippen LogP contribution in [0.3, 0.4) is 0 Å². The number of benzene rings is 9. The van der Waals surface area contributed by atoms with Gasteiger partial charge in [-0.1, -0.05) is 201 Å². The molecule has 0 saturated carbocycles.